The van der Waals surface area contributed by atoms with E-state index in [-0.39, 0.29) is 36.7 Å². The van der Waals surface area contributed by atoms with Crippen molar-refractivity contribution in [1.29, 1.82) is 0 Å². The van der Waals surface area contributed by atoms with Gasteiger partial charge < -0.3 is 24.6 Å². The van der Waals surface area contributed by atoms with Crippen molar-refractivity contribution in [3.05, 3.63) is 0 Å². The second-order valence-corrected chi connectivity index (χ2v) is 19.1. The number of fused-ring (bicyclic) bond motifs is 7. The predicted molar refractivity (Wildman–Crippen MR) is 192 cm³/mol. The van der Waals surface area contributed by atoms with E-state index >= 15 is 0 Å². The molecule has 8 fully saturated rings. The van der Waals surface area contributed by atoms with Gasteiger partial charge in [0, 0.05) is 57.1 Å². The SMILES string of the molecule is C[C@H]1CC[C@@]2(OC1)O[C@H]1C[C@H]3[C@@H]4CC[C@@H]5C[C@@H](NC(=O)CC(=O)N6CCN(C7CCN(CCF)CC7)CC6)CC[C@]5(C)C4CC[C@]3(C)[C@H]1[C@@H]2C. The summed E-state index contributed by atoms with van der Waals surface area (Å²) in [6.07, 6.45) is 14.5. The smallest absolute Gasteiger partial charge is 0.232 e. The fourth-order valence-corrected chi connectivity index (χ4v) is 13.9. The Labute approximate surface area is 301 Å². The van der Waals surface area contributed by atoms with Crippen LogP contribution in [0.3, 0.4) is 0 Å². The van der Waals surface area contributed by atoms with Gasteiger partial charge in [-0.25, -0.2) is 4.39 Å². The number of amides is 2. The molecule has 4 aliphatic carbocycles. The van der Waals surface area contributed by atoms with Crippen LogP contribution in [0, 0.1) is 52.3 Å². The molecule has 282 valence electrons. The number of ether oxygens (including phenoxy) is 2. The molecule has 8 aliphatic rings. The number of carbonyl (C=O) groups excluding carboxylic acids is 2. The van der Waals surface area contributed by atoms with E-state index in [0.29, 0.717) is 66.3 Å². The number of piperidine rings is 1. The van der Waals surface area contributed by atoms with Crippen LogP contribution in [0.4, 0.5) is 4.39 Å². The zero-order valence-corrected chi connectivity index (χ0v) is 31.7. The molecule has 9 heteroatoms. The highest BCUT2D eigenvalue weighted by atomic mass is 19.1. The second kappa shape index (κ2) is 13.8. The van der Waals surface area contributed by atoms with Crippen molar-refractivity contribution in [2.75, 3.05) is 59.1 Å². The average Bonchev–Trinajstić information content (AvgIpc) is 3.56. The number of nitrogens with one attached hydrogen (secondary N) is 1. The van der Waals surface area contributed by atoms with Crippen LogP contribution in [0.15, 0.2) is 0 Å². The number of carbonyl (C=O) groups is 2. The molecule has 4 saturated heterocycles. The molecule has 0 bridgehead atoms. The van der Waals surface area contributed by atoms with Gasteiger partial charge in [-0.3, -0.25) is 14.5 Å². The van der Waals surface area contributed by atoms with Crippen LogP contribution >= 0.6 is 0 Å². The third-order valence-corrected chi connectivity index (χ3v) is 16.8. The second-order valence-electron chi connectivity index (χ2n) is 19.1. The first kappa shape index (κ1) is 35.7. The molecule has 0 aromatic heterocycles. The minimum atomic E-state index is -0.338. The maximum absolute atomic E-state index is 13.2. The molecule has 0 aromatic rings. The molecular formula is C41H67FN4O4. The van der Waals surface area contributed by atoms with E-state index < -0.39 is 0 Å². The van der Waals surface area contributed by atoms with E-state index in [9.17, 15) is 14.0 Å². The number of rotatable bonds is 6. The van der Waals surface area contributed by atoms with Gasteiger partial charge in [0.15, 0.2) is 5.79 Å². The summed E-state index contributed by atoms with van der Waals surface area (Å²) >= 11 is 0. The zero-order valence-electron chi connectivity index (χ0n) is 31.7. The first-order chi connectivity index (χ1) is 24.0. The van der Waals surface area contributed by atoms with Crippen LogP contribution in [-0.4, -0.2) is 110 Å². The molecule has 1 N–H and O–H groups in total. The van der Waals surface area contributed by atoms with Crippen molar-refractivity contribution >= 4 is 11.8 Å². The number of piperazine rings is 1. The van der Waals surface area contributed by atoms with E-state index in [2.05, 4.69) is 42.8 Å². The molecule has 2 amide bonds. The molecule has 1 spiro atoms. The largest absolute Gasteiger partial charge is 0.353 e. The number of likely N-dealkylation sites (tertiary alicyclic amines) is 1. The Morgan fingerprint density at radius 2 is 1.60 bits per heavy atom. The van der Waals surface area contributed by atoms with Crippen molar-refractivity contribution in [3.8, 4) is 0 Å². The number of nitrogens with zero attached hydrogens (tertiary/aromatic N) is 3. The number of halogens is 1. The van der Waals surface area contributed by atoms with E-state index in [4.69, 9.17) is 9.47 Å². The zero-order chi connectivity index (χ0) is 34.8. The lowest BCUT2D eigenvalue weighted by Gasteiger charge is -2.61. The Bertz CT molecular complexity index is 1240. The van der Waals surface area contributed by atoms with Crippen molar-refractivity contribution in [2.45, 2.75) is 135 Å². The van der Waals surface area contributed by atoms with Crippen LogP contribution < -0.4 is 5.32 Å². The third kappa shape index (κ3) is 6.18. The van der Waals surface area contributed by atoms with Crippen molar-refractivity contribution in [2.24, 2.45) is 52.3 Å². The molecule has 4 saturated carbocycles. The minimum absolute atomic E-state index is 0.0264. The summed E-state index contributed by atoms with van der Waals surface area (Å²) < 4.78 is 26.3. The lowest BCUT2D eigenvalue weighted by Crippen LogP contribution is -2.56. The fourth-order valence-electron chi connectivity index (χ4n) is 13.9. The van der Waals surface area contributed by atoms with Gasteiger partial charge in [0.1, 0.15) is 13.1 Å². The van der Waals surface area contributed by atoms with Crippen LogP contribution in [-0.2, 0) is 19.1 Å². The van der Waals surface area contributed by atoms with Crippen molar-refractivity contribution < 1.29 is 23.5 Å². The average molecular weight is 699 g/mol. The van der Waals surface area contributed by atoms with Crippen molar-refractivity contribution in [1.82, 2.24) is 20.0 Å². The molecule has 50 heavy (non-hydrogen) atoms. The summed E-state index contributed by atoms with van der Waals surface area (Å²) in [6.45, 7) is 16.2. The molecule has 4 aliphatic heterocycles. The number of alkyl halides is 1. The highest BCUT2D eigenvalue weighted by molar-refractivity contribution is 5.97. The van der Waals surface area contributed by atoms with Crippen LogP contribution in [0.1, 0.15) is 111 Å². The lowest BCUT2D eigenvalue weighted by molar-refractivity contribution is -0.273. The van der Waals surface area contributed by atoms with Crippen molar-refractivity contribution in [3.63, 3.8) is 0 Å². The van der Waals surface area contributed by atoms with E-state index in [1.165, 1.54) is 44.9 Å². The Morgan fingerprint density at radius 3 is 2.32 bits per heavy atom. The Hall–Kier alpha value is -1.29. The fraction of sp³-hybridized carbons (Fsp3) is 0.951. The Morgan fingerprint density at radius 1 is 0.840 bits per heavy atom. The van der Waals surface area contributed by atoms with Gasteiger partial charge in [0.25, 0.3) is 0 Å². The predicted octanol–water partition coefficient (Wildman–Crippen LogP) is 5.89. The van der Waals surface area contributed by atoms with Gasteiger partial charge >= 0.3 is 0 Å². The molecule has 8 rings (SSSR count). The van der Waals surface area contributed by atoms with Gasteiger partial charge in [-0.05, 0) is 130 Å². The third-order valence-electron chi connectivity index (χ3n) is 16.8. The maximum atomic E-state index is 13.2. The Balaban J connectivity index is 0.812. The lowest BCUT2D eigenvalue weighted by atomic mass is 9.44. The molecule has 0 aromatic carbocycles. The number of hydrogen-bond acceptors (Lipinski definition) is 6. The first-order valence-electron chi connectivity index (χ1n) is 20.9. The maximum Gasteiger partial charge on any atom is 0.232 e. The molecular weight excluding hydrogens is 631 g/mol. The van der Waals surface area contributed by atoms with E-state index in [0.717, 1.165) is 82.6 Å². The topological polar surface area (TPSA) is 74.3 Å². The van der Waals surface area contributed by atoms with E-state index in [1.54, 1.807) is 0 Å². The summed E-state index contributed by atoms with van der Waals surface area (Å²) in [5.74, 6) is 4.23. The molecule has 12 atom stereocenters. The Kier molecular flexibility index (Phi) is 9.89. The number of hydrogen-bond donors (Lipinski definition) is 1. The van der Waals surface area contributed by atoms with Gasteiger partial charge in [-0.1, -0.05) is 27.7 Å². The summed E-state index contributed by atoms with van der Waals surface area (Å²) in [5, 5.41) is 3.34. The molecule has 4 heterocycles. The van der Waals surface area contributed by atoms with Crippen LogP contribution in [0.2, 0.25) is 0 Å². The van der Waals surface area contributed by atoms with Gasteiger partial charge in [-0.2, -0.15) is 0 Å². The monoisotopic (exact) mass is 699 g/mol. The van der Waals surface area contributed by atoms with E-state index in [1.807, 2.05) is 4.90 Å². The quantitative estimate of drug-likeness (QED) is 0.349. The van der Waals surface area contributed by atoms with Gasteiger partial charge in [-0.15, -0.1) is 0 Å². The van der Waals surface area contributed by atoms with Crippen LogP contribution in [0.5, 0.6) is 0 Å². The summed E-state index contributed by atoms with van der Waals surface area (Å²) in [4.78, 5) is 33.0. The minimum Gasteiger partial charge on any atom is -0.353 e. The molecule has 1 unspecified atom stereocenters. The summed E-state index contributed by atoms with van der Waals surface area (Å²) in [7, 11) is 0. The normalized spacial score (nSPS) is 47.0. The molecule has 0 radical (unpaired) electrons. The summed E-state index contributed by atoms with van der Waals surface area (Å²) in [5.41, 5.74) is 0.697. The summed E-state index contributed by atoms with van der Waals surface area (Å²) in [6, 6.07) is 0.716. The highest BCUT2D eigenvalue weighted by Gasteiger charge is 2.69. The first-order valence-corrected chi connectivity index (χ1v) is 20.9. The van der Waals surface area contributed by atoms with Gasteiger partial charge in [0.05, 0.1) is 12.7 Å². The molecule has 8 nitrogen and oxygen atoms in total. The van der Waals surface area contributed by atoms with Crippen LogP contribution in [0.25, 0.3) is 0 Å². The van der Waals surface area contributed by atoms with Gasteiger partial charge in [0.2, 0.25) is 11.8 Å². The standard InChI is InChI=1S/C41H67FN4O4/c1-27-7-14-41(49-26-27)28(2)38-35(50-41)24-34-32-6-5-29-23-30(8-12-39(29,3)33(32)9-13-40(34,38)4)43-36(47)25-37(48)46-21-19-45(20-22-46)31-10-16-44(17-11-31)18-15-42/h27-35,38H,5-26H2,1-4H3,(H,43,47)/t27-,28-,29+,30-,32+,33?,34-,35-,38-,39-,40-,41+/m0/s1. The highest BCUT2D eigenvalue weighted by Crippen LogP contribution is 2.71.